The molecule has 148 valence electrons. The zero-order valence-electron chi connectivity index (χ0n) is 15.2. The van der Waals surface area contributed by atoms with Crippen LogP contribution in [0, 0.1) is 5.92 Å². The molecule has 2 aliphatic carbocycles. The largest absolute Gasteiger partial charge is 0.454 e. The van der Waals surface area contributed by atoms with Crippen molar-refractivity contribution in [2.45, 2.75) is 57.0 Å². The first kappa shape index (κ1) is 19.1. The van der Waals surface area contributed by atoms with Crippen LogP contribution in [-0.4, -0.2) is 59.5 Å². The number of rotatable bonds is 5. The van der Waals surface area contributed by atoms with Gasteiger partial charge in [-0.15, -0.1) is 0 Å². The fourth-order valence-corrected chi connectivity index (χ4v) is 3.57. The van der Waals surface area contributed by atoms with Crippen LogP contribution in [0.5, 0.6) is 0 Å². The molecule has 0 radical (unpaired) electrons. The molecule has 1 saturated heterocycles. The molecule has 0 bridgehead atoms. The Labute approximate surface area is 156 Å². The standard InChI is InChI=1S/C17H24N4O6/c1-10-4-2-3-7-17(10)14(24)21(16(26)20-17)8-13(23)27-9-12(22)19-15(25)18-11-5-6-11/h10-11H,2-9H2,1H3,(H,20,26)(H2,18,19,22,25)/t10-,17-/m1/s1. The van der Waals surface area contributed by atoms with Crippen molar-refractivity contribution in [1.29, 1.82) is 0 Å². The molecule has 3 rings (SSSR count). The summed E-state index contributed by atoms with van der Waals surface area (Å²) in [6.45, 7) is 0.680. The Morgan fingerprint density at radius 2 is 1.96 bits per heavy atom. The van der Waals surface area contributed by atoms with Gasteiger partial charge in [-0.1, -0.05) is 19.8 Å². The molecule has 1 spiro atoms. The lowest BCUT2D eigenvalue weighted by atomic mass is 9.73. The van der Waals surface area contributed by atoms with Crippen molar-refractivity contribution < 1.29 is 28.7 Å². The topological polar surface area (TPSA) is 134 Å². The van der Waals surface area contributed by atoms with Crippen molar-refractivity contribution in [3.63, 3.8) is 0 Å². The third-order valence-corrected chi connectivity index (χ3v) is 5.32. The number of ether oxygens (including phenoxy) is 1. The van der Waals surface area contributed by atoms with Crippen molar-refractivity contribution >= 4 is 29.8 Å². The van der Waals surface area contributed by atoms with Gasteiger partial charge in [0.25, 0.3) is 11.8 Å². The lowest BCUT2D eigenvalue weighted by Crippen LogP contribution is -2.54. The lowest BCUT2D eigenvalue weighted by Gasteiger charge is -2.36. The van der Waals surface area contributed by atoms with Crippen molar-refractivity contribution in [3.8, 4) is 0 Å². The van der Waals surface area contributed by atoms with Crippen molar-refractivity contribution in [2.75, 3.05) is 13.2 Å². The highest BCUT2D eigenvalue weighted by Gasteiger charge is 2.55. The Morgan fingerprint density at radius 1 is 1.22 bits per heavy atom. The van der Waals surface area contributed by atoms with Gasteiger partial charge in [-0.3, -0.25) is 24.6 Å². The van der Waals surface area contributed by atoms with E-state index in [-0.39, 0.29) is 12.0 Å². The number of hydrogen-bond acceptors (Lipinski definition) is 6. The quantitative estimate of drug-likeness (QED) is 0.455. The number of carbonyl (C=O) groups excluding carboxylic acids is 5. The Morgan fingerprint density at radius 3 is 2.63 bits per heavy atom. The van der Waals surface area contributed by atoms with E-state index in [0.717, 1.165) is 37.0 Å². The number of urea groups is 2. The van der Waals surface area contributed by atoms with Gasteiger partial charge in [0.1, 0.15) is 12.1 Å². The van der Waals surface area contributed by atoms with E-state index < -0.39 is 48.5 Å². The van der Waals surface area contributed by atoms with Crippen LogP contribution < -0.4 is 16.0 Å². The number of amides is 6. The maximum absolute atomic E-state index is 12.7. The Kier molecular flexibility index (Phi) is 5.33. The highest BCUT2D eigenvalue weighted by molar-refractivity contribution is 6.09. The molecule has 2 saturated carbocycles. The average Bonchev–Trinajstić information content (AvgIpc) is 3.39. The smallest absolute Gasteiger partial charge is 0.326 e. The van der Waals surface area contributed by atoms with Gasteiger partial charge in [0.15, 0.2) is 6.61 Å². The van der Waals surface area contributed by atoms with Gasteiger partial charge < -0.3 is 15.4 Å². The van der Waals surface area contributed by atoms with Gasteiger partial charge in [0.05, 0.1) is 0 Å². The van der Waals surface area contributed by atoms with Crippen molar-refractivity contribution in [3.05, 3.63) is 0 Å². The highest BCUT2D eigenvalue weighted by Crippen LogP contribution is 2.38. The third-order valence-electron chi connectivity index (χ3n) is 5.32. The lowest BCUT2D eigenvalue weighted by molar-refractivity contribution is -0.151. The molecule has 10 nitrogen and oxygen atoms in total. The highest BCUT2D eigenvalue weighted by atomic mass is 16.5. The predicted molar refractivity (Wildman–Crippen MR) is 91.3 cm³/mol. The number of nitrogens with zero attached hydrogens (tertiary/aromatic N) is 1. The Bertz CT molecular complexity index is 676. The van der Waals surface area contributed by atoms with Gasteiger partial charge in [0, 0.05) is 6.04 Å². The van der Waals surface area contributed by atoms with E-state index in [1.165, 1.54) is 0 Å². The summed E-state index contributed by atoms with van der Waals surface area (Å²) in [5.74, 6) is -2.11. The van der Waals surface area contributed by atoms with Crippen LogP contribution in [-0.2, 0) is 19.1 Å². The van der Waals surface area contributed by atoms with Crippen molar-refractivity contribution in [1.82, 2.24) is 20.9 Å². The summed E-state index contributed by atoms with van der Waals surface area (Å²) in [6, 6.07) is -1.17. The second-order valence-corrected chi connectivity index (χ2v) is 7.40. The number of hydrogen-bond donors (Lipinski definition) is 3. The zero-order chi connectivity index (χ0) is 19.6. The fourth-order valence-electron chi connectivity index (χ4n) is 3.57. The average molecular weight is 380 g/mol. The maximum atomic E-state index is 12.7. The molecule has 1 aliphatic heterocycles. The summed E-state index contributed by atoms with van der Waals surface area (Å²) in [7, 11) is 0. The van der Waals surface area contributed by atoms with E-state index in [0.29, 0.717) is 6.42 Å². The monoisotopic (exact) mass is 380 g/mol. The Balaban J connectivity index is 1.47. The van der Waals surface area contributed by atoms with Crippen LogP contribution in [0.15, 0.2) is 0 Å². The summed E-state index contributed by atoms with van der Waals surface area (Å²) in [5.41, 5.74) is -0.951. The maximum Gasteiger partial charge on any atom is 0.326 e. The normalized spacial score (nSPS) is 27.3. The molecular formula is C17H24N4O6. The van der Waals surface area contributed by atoms with Crippen LogP contribution in [0.1, 0.15) is 45.4 Å². The molecule has 0 aromatic carbocycles. The summed E-state index contributed by atoms with van der Waals surface area (Å²) >= 11 is 0. The minimum atomic E-state index is -0.951. The summed E-state index contributed by atoms with van der Waals surface area (Å²) < 4.78 is 4.78. The van der Waals surface area contributed by atoms with Gasteiger partial charge in [-0.25, -0.2) is 9.59 Å². The second-order valence-electron chi connectivity index (χ2n) is 7.40. The van der Waals surface area contributed by atoms with Crippen LogP contribution >= 0.6 is 0 Å². The summed E-state index contributed by atoms with van der Waals surface area (Å²) in [6.07, 6.45) is 4.96. The summed E-state index contributed by atoms with van der Waals surface area (Å²) in [5, 5.41) is 7.34. The first-order valence-electron chi connectivity index (χ1n) is 9.22. The van der Waals surface area contributed by atoms with Gasteiger partial charge >= 0.3 is 18.0 Å². The molecule has 0 unspecified atom stereocenters. The van der Waals surface area contributed by atoms with Crippen molar-refractivity contribution in [2.24, 2.45) is 5.92 Å². The third kappa shape index (κ3) is 4.20. The molecule has 1 heterocycles. The van der Waals surface area contributed by atoms with Crippen LogP contribution in [0.2, 0.25) is 0 Å². The number of esters is 1. The van der Waals surface area contributed by atoms with Crippen LogP contribution in [0.4, 0.5) is 9.59 Å². The van der Waals surface area contributed by atoms with Crippen LogP contribution in [0.3, 0.4) is 0 Å². The van der Waals surface area contributed by atoms with E-state index in [9.17, 15) is 24.0 Å². The van der Waals surface area contributed by atoms with E-state index in [1.54, 1.807) is 0 Å². The van der Waals surface area contributed by atoms with E-state index in [4.69, 9.17) is 4.74 Å². The van der Waals surface area contributed by atoms with E-state index >= 15 is 0 Å². The number of carbonyl (C=O) groups is 5. The molecule has 0 aromatic rings. The molecule has 27 heavy (non-hydrogen) atoms. The predicted octanol–water partition coefficient (Wildman–Crippen LogP) is 0.0185. The van der Waals surface area contributed by atoms with Crippen LogP contribution in [0.25, 0.3) is 0 Å². The molecule has 3 fully saturated rings. The van der Waals surface area contributed by atoms with E-state index in [1.807, 2.05) is 12.2 Å². The van der Waals surface area contributed by atoms with Gasteiger partial charge in [-0.2, -0.15) is 0 Å². The molecule has 10 heteroatoms. The molecule has 3 N–H and O–H groups in total. The molecule has 0 aromatic heterocycles. The SMILES string of the molecule is C[C@@H]1CCCC[C@@]12NC(=O)N(CC(=O)OCC(=O)NC(=O)NC1CC1)C2=O. The minimum absolute atomic E-state index is 0.0144. The van der Waals surface area contributed by atoms with Gasteiger partial charge in [-0.05, 0) is 31.6 Å². The summed E-state index contributed by atoms with van der Waals surface area (Å²) in [4.78, 5) is 60.7. The fraction of sp³-hybridized carbons (Fsp3) is 0.706. The minimum Gasteiger partial charge on any atom is -0.454 e. The molecular weight excluding hydrogens is 356 g/mol. The molecule has 3 aliphatic rings. The molecule has 2 atom stereocenters. The van der Waals surface area contributed by atoms with E-state index in [2.05, 4.69) is 10.6 Å². The number of imide groups is 2. The second kappa shape index (κ2) is 7.53. The van der Waals surface area contributed by atoms with Gasteiger partial charge in [0.2, 0.25) is 0 Å². The first-order valence-corrected chi connectivity index (χ1v) is 9.22. The number of nitrogens with one attached hydrogen (secondary N) is 3. The Hall–Kier alpha value is -2.65. The zero-order valence-corrected chi connectivity index (χ0v) is 15.2. The first-order chi connectivity index (χ1) is 12.8. The molecule has 6 amide bonds.